The quantitative estimate of drug-likeness (QED) is 0.823. The van der Waals surface area contributed by atoms with Gasteiger partial charge in [0.25, 0.3) is 5.91 Å². The van der Waals surface area contributed by atoms with E-state index < -0.39 is 0 Å². The molecule has 0 fully saturated rings. The van der Waals surface area contributed by atoms with Crippen LogP contribution in [0.1, 0.15) is 36.5 Å². The van der Waals surface area contributed by atoms with Crippen molar-refractivity contribution in [3.8, 4) is 6.07 Å². The standard InChI is InChI=1S/C11H16N4O/c1-4-9-7-10(15(3)14-9)11(16)13-8(2)5-6-12/h7-8H,4-5H2,1-3H3,(H,13,16). The highest BCUT2D eigenvalue weighted by atomic mass is 16.2. The van der Waals surface area contributed by atoms with Crippen LogP contribution in [-0.2, 0) is 13.5 Å². The number of amides is 1. The average molecular weight is 220 g/mol. The van der Waals surface area contributed by atoms with Gasteiger partial charge in [0, 0.05) is 13.1 Å². The normalized spacial score (nSPS) is 11.9. The van der Waals surface area contributed by atoms with Crippen molar-refractivity contribution < 1.29 is 4.79 Å². The van der Waals surface area contributed by atoms with E-state index in [0.717, 1.165) is 12.1 Å². The van der Waals surface area contributed by atoms with E-state index in [2.05, 4.69) is 10.4 Å². The van der Waals surface area contributed by atoms with Crippen molar-refractivity contribution in [2.45, 2.75) is 32.7 Å². The lowest BCUT2D eigenvalue weighted by Crippen LogP contribution is -2.33. The van der Waals surface area contributed by atoms with E-state index >= 15 is 0 Å². The second kappa shape index (κ2) is 5.31. The highest BCUT2D eigenvalue weighted by Gasteiger charge is 2.14. The van der Waals surface area contributed by atoms with Crippen molar-refractivity contribution >= 4 is 5.91 Å². The zero-order valence-corrected chi connectivity index (χ0v) is 9.82. The summed E-state index contributed by atoms with van der Waals surface area (Å²) in [5.41, 5.74) is 1.42. The van der Waals surface area contributed by atoms with Crippen LogP contribution in [0.3, 0.4) is 0 Å². The highest BCUT2D eigenvalue weighted by Crippen LogP contribution is 2.04. The number of nitrogens with zero attached hydrogens (tertiary/aromatic N) is 3. The van der Waals surface area contributed by atoms with Crippen molar-refractivity contribution in [2.75, 3.05) is 0 Å². The van der Waals surface area contributed by atoms with Crippen LogP contribution < -0.4 is 5.32 Å². The summed E-state index contributed by atoms with van der Waals surface area (Å²) in [6, 6.07) is 3.65. The van der Waals surface area contributed by atoms with Crippen LogP contribution in [-0.4, -0.2) is 21.7 Å². The molecule has 1 atom stereocenters. The molecule has 16 heavy (non-hydrogen) atoms. The molecule has 0 spiro atoms. The van der Waals surface area contributed by atoms with E-state index in [9.17, 15) is 4.79 Å². The zero-order valence-electron chi connectivity index (χ0n) is 9.82. The fourth-order valence-electron chi connectivity index (χ4n) is 1.40. The van der Waals surface area contributed by atoms with Gasteiger partial charge in [0.15, 0.2) is 0 Å². The summed E-state index contributed by atoms with van der Waals surface area (Å²) in [4.78, 5) is 11.8. The fraction of sp³-hybridized carbons (Fsp3) is 0.545. The Kier molecular flexibility index (Phi) is 4.06. The number of aryl methyl sites for hydroxylation is 2. The van der Waals surface area contributed by atoms with E-state index in [1.54, 1.807) is 24.7 Å². The Morgan fingerprint density at radius 2 is 2.44 bits per heavy atom. The largest absolute Gasteiger partial charge is 0.347 e. The molecule has 1 rings (SSSR count). The van der Waals surface area contributed by atoms with Gasteiger partial charge in [-0.2, -0.15) is 10.4 Å². The van der Waals surface area contributed by atoms with Crippen LogP contribution in [0.5, 0.6) is 0 Å². The van der Waals surface area contributed by atoms with Crippen LogP contribution in [0.4, 0.5) is 0 Å². The topological polar surface area (TPSA) is 70.7 Å². The lowest BCUT2D eigenvalue weighted by atomic mass is 10.2. The number of carbonyl (C=O) groups is 1. The number of aromatic nitrogens is 2. The molecule has 86 valence electrons. The molecule has 1 N–H and O–H groups in total. The minimum Gasteiger partial charge on any atom is -0.347 e. The van der Waals surface area contributed by atoms with Crippen LogP contribution in [0.15, 0.2) is 6.07 Å². The van der Waals surface area contributed by atoms with Gasteiger partial charge in [0.05, 0.1) is 18.2 Å². The Balaban J connectivity index is 2.73. The molecule has 0 saturated carbocycles. The van der Waals surface area contributed by atoms with E-state index in [0.29, 0.717) is 12.1 Å². The number of rotatable bonds is 4. The van der Waals surface area contributed by atoms with Crippen molar-refractivity contribution in [1.29, 1.82) is 5.26 Å². The van der Waals surface area contributed by atoms with Crippen molar-refractivity contribution in [3.63, 3.8) is 0 Å². The second-order valence-electron chi connectivity index (χ2n) is 3.73. The van der Waals surface area contributed by atoms with Crippen LogP contribution in [0, 0.1) is 11.3 Å². The first kappa shape index (κ1) is 12.2. The molecule has 0 aliphatic heterocycles. The first-order valence-electron chi connectivity index (χ1n) is 5.29. The third-order valence-corrected chi connectivity index (χ3v) is 2.30. The number of hydrogen-bond acceptors (Lipinski definition) is 3. The van der Waals surface area contributed by atoms with E-state index in [1.807, 2.05) is 13.0 Å². The summed E-state index contributed by atoms with van der Waals surface area (Å²) in [5, 5.41) is 15.4. The Bertz CT molecular complexity index is 416. The van der Waals surface area contributed by atoms with Gasteiger partial charge in [-0.3, -0.25) is 9.48 Å². The number of carbonyl (C=O) groups excluding carboxylic acids is 1. The summed E-state index contributed by atoms with van der Waals surface area (Å²) in [7, 11) is 1.74. The SMILES string of the molecule is CCc1cc(C(=O)NC(C)CC#N)n(C)n1. The van der Waals surface area contributed by atoms with Gasteiger partial charge in [0.2, 0.25) is 0 Å². The number of hydrogen-bond donors (Lipinski definition) is 1. The van der Waals surface area contributed by atoms with E-state index in [4.69, 9.17) is 5.26 Å². The van der Waals surface area contributed by atoms with Gasteiger partial charge in [-0.1, -0.05) is 6.92 Å². The van der Waals surface area contributed by atoms with Gasteiger partial charge in [-0.15, -0.1) is 0 Å². The molecule has 1 unspecified atom stereocenters. The summed E-state index contributed by atoms with van der Waals surface area (Å²) < 4.78 is 1.56. The molecule has 1 aromatic heterocycles. The molecular formula is C11H16N4O. The van der Waals surface area contributed by atoms with Crippen molar-refractivity contribution in [1.82, 2.24) is 15.1 Å². The molecule has 1 amide bonds. The average Bonchev–Trinajstić information content (AvgIpc) is 2.60. The third-order valence-electron chi connectivity index (χ3n) is 2.30. The molecule has 0 saturated heterocycles. The molecular weight excluding hydrogens is 204 g/mol. The maximum atomic E-state index is 11.8. The lowest BCUT2D eigenvalue weighted by Gasteiger charge is -2.09. The van der Waals surface area contributed by atoms with Crippen molar-refractivity contribution in [2.24, 2.45) is 7.05 Å². The summed E-state index contributed by atoms with van der Waals surface area (Å²) in [6.07, 6.45) is 1.11. The van der Waals surface area contributed by atoms with Gasteiger partial charge in [-0.05, 0) is 19.4 Å². The van der Waals surface area contributed by atoms with Gasteiger partial charge in [0.1, 0.15) is 5.69 Å². The van der Waals surface area contributed by atoms with Gasteiger partial charge in [-0.25, -0.2) is 0 Å². The minimum atomic E-state index is -0.183. The Morgan fingerprint density at radius 3 is 2.94 bits per heavy atom. The van der Waals surface area contributed by atoms with Gasteiger partial charge >= 0.3 is 0 Å². The van der Waals surface area contributed by atoms with Crippen LogP contribution in [0.2, 0.25) is 0 Å². The first-order chi connectivity index (χ1) is 7.58. The second-order valence-corrected chi connectivity index (χ2v) is 3.73. The Hall–Kier alpha value is -1.83. The minimum absolute atomic E-state index is 0.141. The third kappa shape index (κ3) is 2.83. The maximum absolute atomic E-state index is 11.8. The van der Waals surface area contributed by atoms with E-state index in [-0.39, 0.29) is 11.9 Å². The molecule has 5 heteroatoms. The molecule has 0 bridgehead atoms. The van der Waals surface area contributed by atoms with E-state index in [1.165, 1.54) is 0 Å². The lowest BCUT2D eigenvalue weighted by molar-refractivity contribution is 0.0931. The Labute approximate surface area is 95.1 Å². The smallest absolute Gasteiger partial charge is 0.269 e. The van der Waals surface area contributed by atoms with Crippen molar-refractivity contribution in [3.05, 3.63) is 17.5 Å². The number of nitriles is 1. The summed E-state index contributed by atoms with van der Waals surface area (Å²) >= 11 is 0. The van der Waals surface area contributed by atoms with Gasteiger partial charge < -0.3 is 5.32 Å². The fourth-order valence-corrected chi connectivity index (χ4v) is 1.40. The summed E-state index contributed by atoms with van der Waals surface area (Å²) in [6.45, 7) is 3.79. The molecule has 0 radical (unpaired) electrons. The Morgan fingerprint density at radius 1 is 1.75 bits per heavy atom. The monoisotopic (exact) mass is 220 g/mol. The molecule has 1 aromatic rings. The number of nitrogens with one attached hydrogen (secondary N) is 1. The van der Waals surface area contributed by atoms with Crippen LogP contribution >= 0.6 is 0 Å². The zero-order chi connectivity index (χ0) is 12.1. The maximum Gasteiger partial charge on any atom is 0.269 e. The molecule has 0 aromatic carbocycles. The molecule has 5 nitrogen and oxygen atoms in total. The predicted octanol–water partition coefficient (Wildman–Crippen LogP) is 1.01. The first-order valence-corrected chi connectivity index (χ1v) is 5.29. The molecule has 0 aliphatic carbocycles. The van der Waals surface area contributed by atoms with Crippen LogP contribution in [0.25, 0.3) is 0 Å². The summed E-state index contributed by atoms with van der Waals surface area (Å²) in [5.74, 6) is -0.183. The molecule has 0 aliphatic rings. The highest BCUT2D eigenvalue weighted by molar-refractivity contribution is 5.92. The predicted molar refractivity (Wildman–Crippen MR) is 59.7 cm³/mol. The molecule has 1 heterocycles.